The molecule has 2 rings (SSSR count). The first kappa shape index (κ1) is 12.4. The SMILES string of the molecule is CC1(C)SC(c2ccc(F)cc2)NC1C(=O)O. The first-order chi connectivity index (χ1) is 7.90. The second-order valence-corrected chi connectivity index (χ2v) is 6.35. The van der Waals surface area contributed by atoms with Gasteiger partial charge in [-0.15, -0.1) is 11.8 Å². The zero-order valence-corrected chi connectivity index (χ0v) is 10.4. The molecule has 1 heterocycles. The van der Waals surface area contributed by atoms with Gasteiger partial charge in [0.15, 0.2) is 0 Å². The summed E-state index contributed by atoms with van der Waals surface area (Å²) in [6, 6.07) is 5.54. The number of benzene rings is 1. The maximum Gasteiger partial charge on any atom is 0.322 e. The minimum Gasteiger partial charge on any atom is -0.480 e. The van der Waals surface area contributed by atoms with Gasteiger partial charge in [-0.3, -0.25) is 10.1 Å². The number of rotatable bonds is 2. The third-order valence-electron chi connectivity index (χ3n) is 2.85. The van der Waals surface area contributed by atoms with Gasteiger partial charge in [0.2, 0.25) is 0 Å². The largest absolute Gasteiger partial charge is 0.480 e. The van der Waals surface area contributed by atoms with E-state index in [-0.39, 0.29) is 15.9 Å². The van der Waals surface area contributed by atoms with Crippen molar-refractivity contribution in [3.05, 3.63) is 35.6 Å². The first-order valence-electron chi connectivity index (χ1n) is 5.32. The van der Waals surface area contributed by atoms with Crippen LogP contribution in [0.4, 0.5) is 4.39 Å². The van der Waals surface area contributed by atoms with Gasteiger partial charge in [-0.1, -0.05) is 12.1 Å². The van der Waals surface area contributed by atoms with Gasteiger partial charge >= 0.3 is 5.97 Å². The molecule has 1 aliphatic heterocycles. The fraction of sp³-hybridized carbons (Fsp3) is 0.417. The average Bonchev–Trinajstić information content (AvgIpc) is 2.55. The molecule has 1 saturated heterocycles. The van der Waals surface area contributed by atoms with Crippen LogP contribution in [0.3, 0.4) is 0 Å². The molecule has 1 aromatic carbocycles. The molecule has 1 aromatic rings. The molecule has 17 heavy (non-hydrogen) atoms. The van der Waals surface area contributed by atoms with Crippen LogP contribution in [0.15, 0.2) is 24.3 Å². The molecular weight excluding hydrogens is 241 g/mol. The van der Waals surface area contributed by atoms with E-state index in [1.807, 2.05) is 13.8 Å². The van der Waals surface area contributed by atoms with Gasteiger partial charge in [-0.2, -0.15) is 0 Å². The van der Waals surface area contributed by atoms with Crippen LogP contribution in [0.1, 0.15) is 24.8 Å². The fourth-order valence-electron chi connectivity index (χ4n) is 1.93. The van der Waals surface area contributed by atoms with Gasteiger partial charge in [0, 0.05) is 4.75 Å². The van der Waals surface area contributed by atoms with E-state index in [1.54, 1.807) is 23.9 Å². The van der Waals surface area contributed by atoms with E-state index in [9.17, 15) is 9.18 Å². The molecular formula is C12H14FNO2S. The lowest BCUT2D eigenvalue weighted by Gasteiger charge is -2.20. The molecule has 92 valence electrons. The molecule has 0 amide bonds. The highest BCUT2D eigenvalue weighted by molar-refractivity contribution is 8.01. The average molecular weight is 255 g/mol. The Morgan fingerprint density at radius 1 is 1.41 bits per heavy atom. The number of carbonyl (C=O) groups is 1. The summed E-state index contributed by atoms with van der Waals surface area (Å²) < 4.78 is 12.4. The number of carboxylic acids is 1. The number of thioether (sulfide) groups is 1. The van der Waals surface area contributed by atoms with Gasteiger partial charge in [-0.05, 0) is 31.5 Å². The third-order valence-corrected chi connectivity index (χ3v) is 4.34. The van der Waals surface area contributed by atoms with E-state index in [0.717, 1.165) is 5.56 Å². The van der Waals surface area contributed by atoms with Crippen LogP contribution in [0.5, 0.6) is 0 Å². The summed E-state index contributed by atoms with van der Waals surface area (Å²) >= 11 is 1.55. The summed E-state index contributed by atoms with van der Waals surface area (Å²) in [5.74, 6) is -1.14. The van der Waals surface area contributed by atoms with Crippen molar-refractivity contribution in [2.24, 2.45) is 0 Å². The van der Waals surface area contributed by atoms with Crippen molar-refractivity contribution in [1.82, 2.24) is 5.32 Å². The van der Waals surface area contributed by atoms with E-state index in [4.69, 9.17) is 5.11 Å². The molecule has 0 radical (unpaired) electrons. The minimum absolute atomic E-state index is 0.105. The Labute approximate surface area is 103 Å². The number of hydrogen-bond acceptors (Lipinski definition) is 3. The maximum atomic E-state index is 12.8. The lowest BCUT2D eigenvalue weighted by molar-refractivity contribution is -0.139. The van der Waals surface area contributed by atoms with Crippen molar-refractivity contribution >= 4 is 17.7 Å². The van der Waals surface area contributed by atoms with Crippen molar-refractivity contribution in [3.8, 4) is 0 Å². The molecule has 1 fully saturated rings. The van der Waals surface area contributed by atoms with Crippen LogP contribution in [0.2, 0.25) is 0 Å². The summed E-state index contributed by atoms with van der Waals surface area (Å²) in [6.45, 7) is 3.79. The molecule has 2 N–H and O–H groups in total. The molecule has 3 nitrogen and oxygen atoms in total. The molecule has 0 bridgehead atoms. The Balaban J connectivity index is 2.21. The quantitative estimate of drug-likeness (QED) is 0.852. The highest BCUT2D eigenvalue weighted by atomic mass is 32.2. The van der Waals surface area contributed by atoms with Gasteiger partial charge in [-0.25, -0.2) is 4.39 Å². The predicted octanol–water partition coefficient (Wildman–Crippen LogP) is 2.39. The summed E-state index contributed by atoms with van der Waals surface area (Å²) in [5, 5.41) is 12.1. The maximum absolute atomic E-state index is 12.8. The Morgan fingerprint density at radius 3 is 2.47 bits per heavy atom. The van der Waals surface area contributed by atoms with Gasteiger partial charge in [0.05, 0.1) is 5.37 Å². The molecule has 2 unspecified atom stereocenters. The number of halogens is 1. The van der Waals surface area contributed by atoms with E-state index in [0.29, 0.717) is 0 Å². The van der Waals surface area contributed by atoms with Crippen LogP contribution in [-0.4, -0.2) is 21.9 Å². The number of nitrogens with one attached hydrogen (secondary N) is 1. The van der Waals surface area contributed by atoms with Crippen molar-refractivity contribution in [3.63, 3.8) is 0 Å². The Kier molecular flexibility index (Phi) is 3.14. The molecule has 0 saturated carbocycles. The van der Waals surface area contributed by atoms with Gasteiger partial charge < -0.3 is 5.11 Å². The minimum atomic E-state index is -0.855. The molecule has 1 aliphatic rings. The predicted molar refractivity (Wildman–Crippen MR) is 65.4 cm³/mol. The van der Waals surface area contributed by atoms with Crippen LogP contribution >= 0.6 is 11.8 Å². The zero-order valence-electron chi connectivity index (χ0n) is 9.61. The smallest absolute Gasteiger partial charge is 0.322 e. The van der Waals surface area contributed by atoms with Gasteiger partial charge in [0.1, 0.15) is 11.9 Å². The van der Waals surface area contributed by atoms with Gasteiger partial charge in [0.25, 0.3) is 0 Å². The highest BCUT2D eigenvalue weighted by Gasteiger charge is 2.45. The molecule has 0 spiro atoms. The Bertz CT molecular complexity index is 433. The van der Waals surface area contributed by atoms with Crippen LogP contribution in [0, 0.1) is 5.82 Å². The van der Waals surface area contributed by atoms with E-state index in [1.165, 1.54) is 12.1 Å². The van der Waals surface area contributed by atoms with Crippen molar-refractivity contribution in [2.75, 3.05) is 0 Å². The molecule has 0 aliphatic carbocycles. The number of carboxylic acid groups (broad SMARTS) is 1. The summed E-state index contributed by atoms with van der Waals surface area (Å²) in [4.78, 5) is 11.1. The summed E-state index contributed by atoms with van der Waals surface area (Å²) in [7, 11) is 0. The molecule has 2 atom stereocenters. The summed E-state index contributed by atoms with van der Waals surface area (Å²) in [6.07, 6.45) is 0. The Morgan fingerprint density at radius 2 is 2.00 bits per heavy atom. The highest BCUT2D eigenvalue weighted by Crippen LogP contribution is 2.45. The van der Waals surface area contributed by atoms with Crippen molar-refractivity contribution < 1.29 is 14.3 Å². The monoisotopic (exact) mass is 255 g/mol. The third kappa shape index (κ3) is 2.45. The molecule has 5 heteroatoms. The first-order valence-corrected chi connectivity index (χ1v) is 6.20. The van der Waals surface area contributed by atoms with Crippen LogP contribution in [0.25, 0.3) is 0 Å². The van der Waals surface area contributed by atoms with E-state index in [2.05, 4.69) is 5.32 Å². The van der Waals surface area contributed by atoms with Crippen molar-refractivity contribution in [2.45, 2.75) is 30.0 Å². The lowest BCUT2D eigenvalue weighted by atomic mass is 10.0. The van der Waals surface area contributed by atoms with E-state index < -0.39 is 12.0 Å². The van der Waals surface area contributed by atoms with E-state index >= 15 is 0 Å². The van der Waals surface area contributed by atoms with Crippen molar-refractivity contribution in [1.29, 1.82) is 0 Å². The summed E-state index contributed by atoms with van der Waals surface area (Å²) in [5.41, 5.74) is 0.897. The fourth-order valence-corrected chi connectivity index (χ4v) is 3.34. The lowest BCUT2D eigenvalue weighted by Crippen LogP contribution is -2.43. The topological polar surface area (TPSA) is 49.3 Å². The Hall–Kier alpha value is -1.07. The number of aliphatic carboxylic acids is 1. The zero-order chi connectivity index (χ0) is 12.6. The molecule has 0 aromatic heterocycles. The second-order valence-electron chi connectivity index (χ2n) is 4.59. The number of hydrogen-bond donors (Lipinski definition) is 2. The standard InChI is InChI=1S/C12H14FNO2S/c1-12(2)9(11(15)16)14-10(17-12)7-3-5-8(13)6-4-7/h3-6,9-10,14H,1-2H3,(H,15,16). The second kappa shape index (κ2) is 4.31. The van der Waals surface area contributed by atoms with Crippen LogP contribution < -0.4 is 5.32 Å². The van der Waals surface area contributed by atoms with Crippen LogP contribution in [-0.2, 0) is 4.79 Å². The normalized spacial score (nSPS) is 27.0.